The average molecular weight is 321 g/mol. The molecule has 2 amide bonds. The van der Waals surface area contributed by atoms with E-state index in [1.807, 2.05) is 67.6 Å². The van der Waals surface area contributed by atoms with Crippen LogP contribution in [0.5, 0.6) is 0 Å². The minimum absolute atomic E-state index is 0.0681. The van der Waals surface area contributed by atoms with Crippen LogP contribution in [0.25, 0.3) is 0 Å². The van der Waals surface area contributed by atoms with E-state index < -0.39 is 11.3 Å². The lowest BCUT2D eigenvalue weighted by molar-refractivity contribution is -0.144. The lowest BCUT2D eigenvalue weighted by Gasteiger charge is -2.26. The topological polar surface area (TPSA) is 54.5 Å². The predicted molar refractivity (Wildman–Crippen MR) is 90.0 cm³/mol. The van der Waals surface area contributed by atoms with Crippen LogP contribution in [-0.2, 0) is 20.8 Å². The standard InChI is InChI=1S/C20H19NO3/c1-15(17-10-6-3-7-11-17)21-18(23)13-20(14-22,19(21)24)12-16-8-4-2-5-9-16/h2-11,14-15H,12-13H2,1H3/t15-,20?/m1/s1. The zero-order valence-corrected chi connectivity index (χ0v) is 13.5. The Bertz CT molecular complexity index is 757. The highest BCUT2D eigenvalue weighted by molar-refractivity contribution is 6.13. The molecule has 4 nitrogen and oxygen atoms in total. The second-order valence-corrected chi connectivity index (χ2v) is 6.27. The van der Waals surface area contributed by atoms with E-state index in [1.165, 1.54) is 4.90 Å². The van der Waals surface area contributed by atoms with Crippen molar-refractivity contribution in [2.45, 2.75) is 25.8 Å². The van der Waals surface area contributed by atoms with Crippen LogP contribution < -0.4 is 0 Å². The summed E-state index contributed by atoms with van der Waals surface area (Å²) in [6.45, 7) is 1.81. The molecule has 122 valence electrons. The average Bonchev–Trinajstić information content (AvgIpc) is 2.86. The maximum atomic E-state index is 13.0. The van der Waals surface area contributed by atoms with Crippen LogP contribution in [0.1, 0.15) is 30.5 Å². The van der Waals surface area contributed by atoms with E-state index in [0.29, 0.717) is 6.29 Å². The van der Waals surface area contributed by atoms with Crippen molar-refractivity contribution < 1.29 is 14.4 Å². The van der Waals surface area contributed by atoms with Gasteiger partial charge in [0.25, 0.3) is 0 Å². The molecule has 1 heterocycles. The second-order valence-electron chi connectivity index (χ2n) is 6.27. The number of imide groups is 1. The Morgan fingerprint density at radius 1 is 1.04 bits per heavy atom. The van der Waals surface area contributed by atoms with Crippen LogP contribution in [0.3, 0.4) is 0 Å². The number of carbonyl (C=O) groups is 3. The van der Waals surface area contributed by atoms with E-state index >= 15 is 0 Å². The van der Waals surface area contributed by atoms with Crippen molar-refractivity contribution >= 4 is 18.1 Å². The van der Waals surface area contributed by atoms with Gasteiger partial charge in [-0.15, -0.1) is 0 Å². The second kappa shape index (κ2) is 6.40. The van der Waals surface area contributed by atoms with Crippen LogP contribution >= 0.6 is 0 Å². The highest BCUT2D eigenvalue weighted by Gasteiger charge is 2.53. The number of hydrogen-bond donors (Lipinski definition) is 0. The number of carbonyl (C=O) groups excluding carboxylic acids is 3. The molecular weight excluding hydrogens is 302 g/mol. The molecule has 0 bridgehead atoms. The Labute approximate surface area is 141 Å². The molecule has 0 N–H and O–H groups in total. The lowest BCUT2D eigenvalue weighted by atomic mass is 9.81. The summed E-state index contributed by atoms with van der Waals surface area (Å²) in [5.41, 5.74) is 0.460. The minimum Gasteiger partial charge on any atom is -0.302 e. The summed E-state index contributed by atoms with van der Waals surface area (Å²) in [6.07, 6.45) is 0.833. The number of aldehydes is 1. The van der Waals surface area contributed by atoms with Gasteiger partial charge in [0.15, 0.2) is 0 Å². The molecule has 2 aromatic carbocycles. The summed E-state index contributed by atoms with van der Waals surface area (Å²) >= 11 is 0. The molecule has 0 radical (unpaired) electrons. The Hall–Kier alpha value is -2.75. The SMILES string of the molecule is C[C@H](c1ccccc1)N1C(=O)CC(C=O)(Cc2ccccc2)C1=O. The van der Waals surface area contributed by atoms with E-state index in [4.69, 9.17) is 0 Å². The molecular formula is C20H19NO3. The lowest BCUT2D eigenvalue weighted by Crippen LogP contribution is -2.39. The first-order valence-electron chi connectivity index (χ1n) is 7.99. The van der Waals surface area contributed by atoms with Crippen LogP contribution in [0.15, 0.2) is 60.7 Å². The van der Waals surface area contributed by atoms with Crippen molar-refractivity contribution in [1.29, 1.82) is 0 Å². The van der Waals surface area contributed by atoms with E-state index in [0.717, 1.165) is 11.1 Å². The summed E-state index contributed by atoms with van der Waals surface area (Å²) in [4.78, 5) is 38.5. The zero-order chi connectivity index (χ0) is 17.2. The van der Waals surface area contributed by atoms with Gasteiger partial charge in [-0.1, -0.05) is 60.7 Å². The number of hydrogen-bond acceptors (Lipinski definition) is 3. The molecule has 0 aromatic heterocycles. The first-order valence-corrected chi connectivity index (χ1v) is 7.99. The van der Waals surface area contributed by atoms with Crippen molar-refractivity contribution in [2.75, 3.05) is 0 Å². The first-order chi connectivity index (χ1) is 11.6. The van der Waals surface area contributed by atoms with Crippen molar-refractivity contribution in [3.63, 3.8) is 0 Å². The monoisotopic (exact) mass is 321 g/mol. The van der Waals surface area contributed by atoms with Crippen LogP contribution in [0.4, 0.5) is 0 Å². The maximum Gasteiger partial charge on any atom is 0.244 e. The molecule has 0 spiro atoms. The van der Waals surface area contributed by atoms with Gasteiger partial charge < -0.3 is 4.79 Å². The van der Waals surface area contributed by atoms with E-state index in [1.54, 1.807) is 0 Å². The smallest absolute Gasteiger partial charge is 0.244 e. The number of amides is 2. The number of rotatable bonds is 5. The van der Waals surface area contributed by atoms with Gasteiger partial charge in [-0.3, -0.25) is 14.5 Å². The largest absolute Gasteiger partial charge is 0.302 e. The number of nitrogens with zero attached hydrogens (tertiary/aromatic N) is 1. The third-order valence-corrected chi connectivity index (χ3v) is 4.64. The van der Waals surface area contributed by atoms with Crippen molar-refractivity contribution in [1.82, 2.24) is 4.90 Å². The van der Waals surface area contributed by atoms with Crippen LogP contribution in [0, 0.1) is 5.41 Å². The molecule has 3 rings (SSSR count). The van der Waals surface area contributed by atoms with Crippen LogP contribution in [-0.4, -0.2) is 23.0 Å². The summed E-state index contributed by atoms with van der Waals surface area (Å²) in [5.74, 6) is -0.693. The fourth-order valence-corrected chi connectivity index (χ4v) is 3.29. The Morgan fingerprint density at radius 2 is 1.62 bits per heavy atom. The molecule has 2 atom stereocenters. The Balaban J connectivity index is 1.91. The van der Waals surface area contributed by atoms with E-state index in [9.17, 15) is 14.4 Å². The van der Waals surface area contributed by atoms with Gasteiger partial charge in [0.1, 0.15) is 11.7 Å². The number of benzene rings is 2. The number of likely N-dealkylation sites (tertiary alicyclic amines) is 1. The van der Waals surface area contributed by atoms with Crippen molar-refractivity contribution in [2.24, 2.45) is 5.41 Å². The third kappa shape index (κ3) is 2.75. The molecule has 1 unspecified atom stereocenters. The van der Waals surface area contributed by atoms with Crippen LogP contribution in [0.2, 0.25) is 0 Å². The summed E-state index contributed by atoms with van der Waals surface area (Å²) < 4.78 is 0. The maximum absolute atomic E-state index is 13.0. The molecule has 2 aromatic rings. The van der Waals surface area contributed by atoms with Gasteiger partial charge in [-0.05, 0) is 24.5 Å². The molecule has 24 heavy (non-hydrogen) atoms. The molecule has 0 saturated carbocycles. The van der Waals surface area contributed by atoms with Gasteiger partial charge in [-0.2, -0.15) is 0 Å². The van der Waals surface area contributed by atoms with Gasteiger partial charge >= 0.3 is 0 Å². The van der Waals surface area contributed by atoms with Crippen molar-refractivity contribution in [3.05, 3.63) is 71.8 Å². The molecule has 1 aliphatic rings. The van der Waals surface area contributed by atoms with Gasteiger partial charge in [0.2, 0.25) is 11.8 Å². The highest BCUT2D eigenvalue weighted by atomic mass is 16.2. The van der Waals surface area contributed by atoms with Gasteiger partial charge in [-0.25, -0.2) is 0 Å². The third-order valence-electron chi connectivity index (χ3n) is 4.64. The van der Waals surface area contributed by atoms with Gasteiger partial charge in [0.05, 0.1) is 6.04 Å². The fourth-order valence-electron chi connectivity index (χ4n) is 3.29. The summed E-state index contributed by atoms with van der Waals surface area (Å²) in [5, 5.41) is 0. The Morgan fingerprint density at radius 3 is 2.21 bits per heavy atom. The minimum atomic E-state index is -1.29. The van der Waals surface area contributed by atoms with Gasteiger partial charge in [0, 0.05) is 6.42 Å². The van der Waals surface area contributed by atoms with Crippen molar-refractivity contribution in [3.8, 4) is 0 Å². The molecule has 1 aliphatic heterocycles. The zero-order valence-electron chi connectivity index (χ0n) is 13.5. The fraction of sp³-hybridized carbons (Fsp3) is 0.250. The molecule has 4 heteroatoms. The molecule has 1 fully saturated rings. The summed E-state index contributed by atoms with van der Waals surface area (Å²) in [7, 11) is 0. The molecule has 1 saturated heterocycles. The Kier molecular flexibility index (Phi) is 4.30. The predicted octanol–water partition coefficient (Wildman–Crippen LogP) is 2.93. The first kappa shape index (κ1) is 16.1. The quantitative estimate of drug-likeness (QED) is 0.483. The summed E-state index contributed by atoms with van der Waals surface area (Å²) in [6, 6.07) is 18.3. The molecule has 0 aliphatic carbocycles. The highest BCUT2D eigenvalue weighted by Crippen LogP contribution is 2.38. The normalized spacial score (nSPS) is 21.8. The van der Waals surface area contributed by atoms with E-state index in [2.05, 4.69) is 0 Å². The van der Waals surface area contributed by atoms with E-state index in [-0.39, 0.29) is 24.8 Å².